The summed E-state index contributed by atoms with van der Waals surface area (Å²) in [5.74, 6) is -1.88. The first-order valence-electron chi connectivity index (χ1n) is 7.80. The van der Waals surface area contributed by atoms with E-state index in [9.17, 15) is 19.5 Å². The van der Waals surface area contributed by atoms with E-state index in [-0.39, 0.29) is 6.61 Å². The number of rotatable bonds is 5. The van der Waals surface area contributed by atoms with Gasteiger partial charge in [0.05, 0.1) is 17.7 Å². The molecule has 0 aliphatic carbocycles. The fourth-order valence-corrected chi connectivity index (χ4v) is 2.70. The van der Waals surface area contributed by atoms with Crippen molar-refractivity contribution in [2.45, 2.75) is 6.61 Å². The predicted molar refractivity (Wildman–Crippen MR) is 95.0 cm³/mol. The maximum absolute atomic E-state index is 12.3. The lowest BCUT2D eigenvalue weighted by molar-refractivity contribution is -0.131. The van der Waals surface area contributed by atoms with Crippen molar-refractivity contribution in [3.05, 3.63) is 82.6 Å². The summed E-state index contributed by atoms with van der Waals surface area (Å²) in [6.45, 7) is -0.220. The zero-order valence-corrected chi connectivity index (χ0v) is 13.6. The first kappa shape index (κ1) is 17.3. The molecule has 0 radical (unpaired) electrons. The van der Waals surface area contributed by atoms with Crippen LogP contribution in [0.15, 0.2) is 54.7 Å². The molecule has 2 N–H and O–H groups in total. The Labute approximate surface area is 149 Å². The highest BCUT2D eigenvalue weighted by Gasteiger charge is 2.33. The van der Waals surface area contributed by atoms with E-state index >= 15 is 0 Å². The molecule has 6 nitrogen and oxygen atoms in total. The van der Waals surface area contributed by atoms with Gasteiger partial charge in [0.2, 0.25) is 0 Å². The van der Waals surface area contributed by atoms with Crippen molar-refractivity contribution >= 4 is 29.9 Å². The molecule has 0 spiro atoms. The van der Waals surface area contributed by atoms with E-state index in [0.29, 0.717) is 27.8 Å². The molecule has 26 heavy (non-hydrogen) atoms. The van der Waals surface area contributed by atoms with Crippen molar-refractivity contribution in [1.82, 2.24) is 4.90 Å². The summed E-state index contributed by atoms with van der Waals surface area (Å²) in [5, 5.41) is 18.1. The molecule has 0 atom stereocenters. The lowest BCUT2D eigenvalue weighted by atomic mass is 10.1. The van der Waals surface area contributed by atoms with Gasteiger partial charge >= 0.3 is 5.97 Å². The van der Waals surface area contributed by atoms with Crippen molar-refractivity contribution in [1.29, 1.82) is 0 Å². The van der Waals surface area contributed by atoms with E-state index in [1.807, 2.05) is 0 Å². The van der Waals surface area contributed by atoms with Crippen LogP contribution in [0, 0.1) is 0 Å². The molecule has 130 valence electrons. The highest BCUT2D eigenvalue weighted by Crippen LogP contribution is 2.23. The third kappa shape index (κ3) is 3.45. The molecule has 1 heterocycles. The maximum atomic E-state index is 12.3. The SMILES string of the molecule is O=C(O)/C=C/c1cc(/C=C/N2C(=O)c3ccccc3C2=O)cc(CO)c1. The Kier molecular flexibility index (Phi) is 4.77. The van der Waals surface area contributed by atoms with Crippen LogP contribution in [0.2, 0.25) is 0 Å². The lowest BCUT2D eigenvalue weighted by Gasteiger charge is -2.08. The minimum absolute atomic E-state index is 0.220. The molecule has 0 bridgehead atoms. The van der Waals surface area contributed by atoms with E-state index in [2.05, 4.69) is 0 Å². The number of carbonyl (C=O) groups excluding carboxylic acids is 2. The van der Waals surface area contributed by atoms with Crippen molar-refractivity contribution in [2.75, 3.05) is 0 Å². The van der Waals surface area contributed by atoms with Crippen LogP contribution in [-0.2, 0) is 11.4 Å². The molecular weight excluding hydrogens is 334 g/mol. The van der Waals surface area contributed by atoms with Crippen LogP contribution in [0.3, 0.4) is 0 Å². The monoisotopic (exact) mass is 349 g/mol. The summed E-state index contributed by atoms with van der Waals surface area (Å²) in [4.78, 5) is 36.4. The Morgan fingerprint density at radius 1 is 0.962 bits per heavy atom. The number of amides is 2. The summed E-state index contributed by atoms with van der Waals surface area (Å²) >= 11 is 0. The van der Waals surface area contributed by atoms with Crippen LogP contribution < -0.4 is 0 Å². The van der Waals surface area contributed by atoms with Gasteiger partial charge in [0.25, 0.3) is 11.8 Å². The Bertz CT molecular complexity index is 923. The van der Waals surface area contributed by atoms with Crippen molar-refractivity contribution in [3.63, 3.8) is 0 Å². The number of hydrogen-bond donors (Lipinski definition) is 2. The fourth-order valence-electron chi connectivity index (χ4n) is 2.70. The quantitative estimate of drug-likeness (QED) is 0.639. The number of benzene rings is 2. The molecule has 0 saturated carbocycles. The summed E-state index contributed by atoms with van der Waals surface area (Å²) in [6.07, 6.45) is 5.35. The zero-order chi connectivity index (χ0) is 18.7. The van der Waals surface area contributed by atoms with E-state index in [0.717, 1.165) is 11.0 Å². The average molecular weight is 349 g/mol. The second kappa shape index (κ2) is 7.16. The van der Waals surface area contributed by atoms with Crippen LogP contribution in [0.25, 0.3) is 12.2 Å². The molecule has 2 aromatic rings. The standard InChI is InChI=1S/C20H15NO5/c22-12-15-10-13(5-6-18(23)24)9-14(11-15)7-8-21-19(25)16-3-1-2-4-17(16)20(21)26/h1-11,22H,12H2,(H,23,24)/b6-5+,8-7+. The van der Waals surface area contributed by atoms with Crippen LogP contribution in [0.5, 0.6) is 0 Å². The number of nitrogens with zero attached hydrogens (tertiary/aromatic N) is 1. The Hall–Kier alpha value is -3.51. The molecule has 0 saturated heterocycles. The number of carboxylic acids is 1. The summed E-state index contributed by atoms with van der Waals surface area (Å²) in [6, 6.07) is 11.6. The second-order valence-electron chi connectivity index (χ2n) is 5.68. The molecule has 1 aliphatic rings. The molecule has 0 unspecified atom stereocenters. The lowest BCUT2D eigenvalue weighted by Crippen LogP contribution is -2.23. The second-order valence-corrected chi connectivity index (χ2v) is 5.68. The van der Waals surface area contributed by atoms with Gasteiger partial charge in [-0.1, -0.05) is 12.1 Å². The van der Waals surface area contributed by atoms with Gasteiger partial charge < -0.3 is 10.2 Å². The van der Waals surface area contributed by atoms with Gasteiger partial charge in [0.1, 0.15) is 0 Å². The molecule has 1 aliphatic heterocycles. The third-order valence-corrected chi connectivity index (χ3v) is 3.88. The third-order valence-electron chi connectivity index (χ3n) is 3.88. The first-order chi connectivity index (χ1) is 12.5. The normalized spacial score (nSPS) is 13.8. The molecule has 0 aromatic heterocycles. The van der Waals surface area contributed by atoms with Crippen LogP contribution >= 0.6 is 0 Å². The van der Waals surface area contributed by atoms with Crippen molar-refractivity contribution < 1.29 is 24.6 Å². The van der Waals surface area contributed by atoms with Gasteiger partial charge in [-0.2, -0.15) is 0 Å². The van der Waals surface area contributed by atoms with Gasteiger partial charge in [-0.05, 0) is 59.2 Å². The summed E-state index contributed by atoms with van der Waals surface area (Å²) in [5.41, 5.74) is 2.51. The fraction of sp³-hybridized carbons (Fsp3) is 0.0500. The number of aliphatic hydroxyl groups is 1. The molecular formula is C20H15NO5. The number of hydrogen-bond acceptors (Lipinski definition) is 4. The number of fused-ring (bicyclic) bond motifs is 1. The number of aliphatic hydroxyl groups excluding tert-OH is 1. The van der Waals surface area contributed by atoms with Gasteiger partial charge in [-0.3, -0.25) is 9.59 Å². The van der Waals surface area contributed by atoms with Crippen LogP contribution in [0.4, 0.5) is 0 Å². The first-order valence-corrected chi connectivity index (χ1v) is 7.80. The maximum Gasteiger partial charge on any atom is 0.328 e. The number of carbonyl (C=O) groups is 3. The minimum atomic E-state index is -1.08. The van der Waals surface area contributed by atoms with Crippen molar-refractivity contribution in [2.24, 2.45) is 0 Å². The van der Waals surface area contributed by atoms with Crippen LogP contribution in [-0.4, -0.2) is 32.9 Å². The molecule has 6 heteroatoms. The van der Waals surface area contributed by atoms with Crippen LogP contribution in [0.1, 0.15) is 37.4 Å². The molecule has 2 aromatic carbocycles. The average Bonchev–Trinajstić information content (AvgIpc) is 2.89. The summed E-state index contributed by atoms with van der Waals surface area (Å²) < 4.78 is 0. The highest BCUT2D eigenvalue weighted by atomic mass is 16.4. The Morgan fingerprint density at radius 3 is 2.08 bits per heavy atom. The van der Waals surface area contributed by atoms with E-state index < -0.39 is 17.8 Å². The zero-order valence-electron chi connectivity index (χ0n) is 13.6. The smallest absolute Gasteiger partial charge is 0.328 e. The van der Waals surface area contributed by atoms with Gasteiger partial charge in [-0.25, -0.2) is 9.69 Å². The minimum Gasteiger partial charge on any atom is -0.478 e. The molecule has 3 rings (SSSR count). The molecule has 2 amide bonds. The van der Waals surface area contributed by atoms with Gasteiger partial charge in [-0.15, -0.1) is 0 Å². The predicted octanol–water partition coefficient (Wildman–Crippen LogP) is 2.54. The highest BCUT2D eigenvalue weighted by molar-refractivity contribution is 6.22. The number of carboxylic acid groups (broad SMARTS) is 1. The van der Waals surface area contributed by atoms with Gasteiger partial charge in [0, 0.05) is 12.3 Å². The van der Waals surface area contributed by atoms with Gasteiger partial charge in [0.15, 0.2) is 0 Å². The topological polar surface area (TPSA) is 94.9 Å². The largest absolute Gasteiger partial charge is 0.478 e. The summed E-state index contributed by atoms with van der Waals surface area (Å²) in [7, 11) is 0. The van der Waals surface area contributed by atoms with E-state index in [4.69, 9.17) is 5.11 Å². The van der Waals surface area contributed by atoms with E-state index in [1.165, 1.54) is 12.3 Å². The number of aliphatic carboxylic acids is 1. The number of imide groups is 1. The Balaban J connectivity index is 1.89. The van der Waals surface area contributed by atoms with Crippen molar-refractivity contribution in [3.8, 4) is 0 Å². The Morgan fingerprint density at radius 2 is 1.54 bits per heavy atom. The van der Waals surface area contributed by atoms with E-state index in [1.54, 1.807) is 48.5 Å². The molecule has 0 fully saturated rings.